The molecule has 1 aromatic rings. The van der Waals surface area contributed by atoms with Gasteiger partial charge in [-0.2, -0.15) is 0 Å². The third kappa shape index (κ3) is 4.02. The number of nitrogens with zero attached hydrogens (tertiary/aromatic N) is 1. The molecule has 0 radical (unpaired) electrons. The van der Waals surface area contributed by atoms with Crippen molar-refractivity contribution in [2.75, 3.05) is 26.7 Å². The van der Waals surface area contributed by atoms with Gasteiger partial charge in [-0.1, -0.05) is 11.8 Å². The summed E-state index contributed by atoms with van der Waals surface area (Å²) in [6.07, 6.45) is 0.731. The number of aliphatic hydroxyl groups is 1. The molecule has 1 heterocycles. The number of halogens is 1. The van der Waals surface area contributed by atoms with Crippen LogP contribution in [0.15, 0.2) is 23.1 Å². The average Bonchev–Trinajstić information content (AvgIpc) is 2.80. The molecular formula is C14H17FN2O3S. The molecule has 21 heavy (non-hydrogen) atoms. The molecule has 1 saturated heterocycles. The Bertz CT molecular complexity index is 679. The highest BCUT2D eigenvalue weighted by molar-refractivity contribution is 7.89. The van der Waals surface area contributed by atoms with E-state index in [2.05, 4.69) is 16.6 Å². The number of rotatable bonds is 3. The highest BCUT2D eigenvalue weighted by Gasteiger charge is 2.26. The monoisotopic (exact) mass is 312 g/mol. The van der Waals surface area contributed by atoms with Gasteiger partial charge < -0.3 is 10.0 Å². The molecule has 2 N–H and O–H groups in total. The lowest BCUT2D eigenvalue weighted by Crippen LogP contribution is -2.36. The van der Waals surface area contributed by atoms with Crippen molar-refractivity contribution in [2.45, 2.75) is 17.4 Å². The highest BCUT2D eigenvalue weighted by Crippen LogP contribution is 2.18. The molecule has 1 atom stereocenters. The number of aliphatic hydroxyl groups excluding tert-OH is 1. The van der Waals surface area contributed by atoms with Crippen molar-refractivity contribution in [2.24, 2.45) is 0 Å². The summed E-state index contributed by atoms with van der Waals surface area (Å²) in [4.78, 5) is 1.96. The minimum Gasteiger partial charge on any atom is -0.384 e. The second-order valence-electron chi connectivity index (χ2n) is 4.97. The maximum atomic E-state index is 13.3. The normalized spacial score (nSPS) is 19.3. The lowest BCUT2D eigenvalue weighted by Gasteiger charge is -2.14. The fraction of sp³-hybridized carbons (Fsp3) is 0.429. The van der Waals surface area contributed by atoms with Gasteiger partial charge in [0.25, 0.3) is 0 Å². The van der Waals surface area contributed by atoms with Crippen molar-refractivity contribution in [3.63, 3.8) is 0 Å². The van der Waals surface area contributed by atoms with E-state index in [1.165, 1.54) is 6.07 Å². The zero-order valence-corrected chi connectivity index (χ0v) is 12.5. The molecule has 114 valence electrons. The number of likely N-dealkylation sites (tertiary alicyclic amines) is 1. The number of benzene rings is 1. The summed E-state index contributed by atoms with van der Waals surface area (Å²) >= 11 is 0. The van der Waals surface area contributed by atoms with E-state index in [1.807, 2.05) is 11.9 Å². The van der Waals surface area contributed by atoms with Gasteiger partial charge in [0.05, 0.1) is 4.90 Å². The smallest absolute Gasteiger partial charge is 0.242 e. The first-order valence-corrected chi connectivity index (χ1v) is 8.01. The Hall–Kier alpha value is -1.46. The molecule has 0 aromatic heterocycles. The van der Waals surface area contributed by atoms with E-state index in [0.717, 1.165) is 25.1 Å². The van der Waals surface area contributed by atoms with Gasteiger partial charge in [-0.3, -0.25) is 0 Å². The van der Waals surface area contributed by atoms with Crippen molar-refractivity contribution in [3.05, 3.63) is 29.6 Å². The van der Waals surface area contributed by atoms with Gasteiger partial charge in [0.1, 0.15) is 12.4 Å². The van der Waals surface area contributed by atoms with Gasteiger partial charge in [0, 0.05) is 18.2 Å². The van der Waals surface area contributed by atoms with Gasteiger partial charge in [0.2, 0.25) is 10.0 Å². The van der Waals surface area contributed by atoms with Crippen molar-refractivity contribution < 1.29 is 17.9 Å². The summed E-state index contributed by atoms with van der Waals surface area (Å²) in [6.45, 7) is 1.04. The Morgan fingerprint density at radius 3 is 2.90 bits per heavy atom. The maximum Gasteiger partial charge on any atom is 0.242 e. The zero-order valence-electron chi connectivity index (χ0n) is 11.6. The number of nitrogens with one attached hydrogen (secondary N) is 1. The summed E-state index contributed by atoms with van der Waals surface area (Å²) in [5.74, 6) is 4.24. The van der Waals surface area contributed by atoms with Crippen LogP contribution in [0.3, 0.4) is 0 Å². The number of hydrogen-bond donors (Lipinski definition) is 2. The van der Waals surface area contributed by atoms with E-state index in [9.17, 15) is 12.8 Å². The fourth-order valence-corrected chi connectivity index (χ4v) is 3.69. The van der Waals surface area contributed by atoms with Crippen LogP contribution >= 0.6 is 0 Å². The van der Waals surface area contributed by atoms with Crippen LogP contribution < -0.4 is 4.72 Å². The van der Waals surface area contributed by atoms with E-state index < -0.39 is 22.4 Å². The van der Waals surface area contributed by atoms with Crippen LogP contribution in [0.4, 0.5) is 4.39 Å². The average molecular weight is 312 g/mol. The molecule has 1 fully saturated rings. The van der Waals surface area contributed by atoms with Crippen LogP contribution in [0.5, 0.6) is 0 Å². The largest absolute Gasteiger partial charge is 0.384 e. The van der Waals surface area contributed by atoms with Gasteiger partial charge in [-0.25, -0.2) is 17.5 Å². The van der Waals surface area contributed by atoms with Crippen molar-refractivity contribution in [3.8, 4) is 11.8 Å². The second-order valence-corrected chi connectivity index (χ2v) is 6.65. The Morgan fingerprint density at radius 1 is 1.52 bits per heavy atom. The van der Waals surface area contributed by atoms with E-state index in [-0.39, 0.29) is 16.5 Å². The van der Waals surface area contributed by atoms with Crippen molar-refractivity contribution >= 4 is 10.0 Å². The van der Waals surface area contributed by atoms with Crippen LogP contribution in [0, 0.1) is 17.7 Å². The molecule has 1 unspecified atom stereocenters. The quantitative estimate of drug-likeness (QED) is 0.780. The third-order valence-corrected chi connectivity index (χ3v) is 4.83. The summed E-state index contributed by atoms with van der Waals surface area (Å²) in [5, 5.41) is 8.71. The van der Waals surface area contributed by atoms with Gasteiger partial charge >= 0.3 is 0 Å². The third-order valence-electron chi connectivity index (χ3n) is 3.25. The molecule has 0 aliphatic carbocycles. The Labute approximate surface area is 123 Å². The van der Waals surface area contributed by atoms with Gasteiger partial charge in [-0.05, 0) is 38.2 Å². The zero-order chi connectivity index (χ0) is 15.5. The van der Waals surface area contributed by atoms with Crippen LogP contribution in [0.1, 0.15) is 12.0 Å². The standard InChI is InChI=1S/C14H17FN2O3S/c1-17-7-6-13(10-17)16-21(19,20)14-5-4-12(15)9-11(14)3-2-8-18/h4-5,9,13,16,18H,6-8,10H2,1H3. The second kappa shape index (κ2) is 6.54. The first-order valence-electron chi connectivity index (χ1n) is 6.52. The maximum absolute atomic E-state index is 13.3. The molecule has 2 rings (SSSR count). The van der Waals surface area contributed by atoms with E-state index in [4.69, 9.17) is 5.11 Å². The summed E-state index contributed by atoms with van der Waals surface area (Å²) in [5.41, 5.74) is 0.0444. The van der Waals surface area contributed by atoms with Gasteiger partial charge in [0.15, 0.2) is 0 Å². The number of hydrogen-bond acceptors (Lipinski definition) is 4. The Balaban J connectivity index is 2.31. The van der Waals surface area contributed by atoms with Gasteiger partial charge in [-0.15, -0.1) is 0 Å². The molecule has 5 nitrogen and oxygen atoms in total. The first-order chi connectivity index (χ1) is 9.92. The summed E-state index contributed by atoms with van der Waals surface area (Å²) in [6, 6.07) is 3.17. The lowest BCUT2D eigenvalue weighted by atomic mass is 10.2. The molecule has 0 amide bonds. The molecule has 0 bridgehead atoms. The molecule has 1 aromatic carbocycles. The Kier molecular flexibility index (Phi) is 4.96. The van der Waals surface area contributed by atoms with Crippen molar-refractivity contribution in [1.29, 1.82) is 0 Å². The highest BCUT2D eigenvalue weighted by atomic mass is 32.2. The molecule has 1 aliphatic rings. The van der Waals surface area contributed by atoms with E-state index >= 15 is 0 Å². The van der Waals surface area contributed by atoms with Crippen molar-refractivity contribution in [1.82, 2.24) is 9.62 Å². The van der Waals surface area contributed by atoms with Crippen LogP contribution in [-0.2, 0) is 10.0 Å². The summed E-state index contributed by atoms with van der Waals surface area (Å²) in [7, 11) is -1.85. The van der Waals surface area contributed by atoms with E-state index in [0.29, 0.717) is 6.54 Å². The predicted molar refractivity (Wildman–Crippen MR) is 76.6 cm³/mol. The fourth-order valence-electron chi connectivity index (χ4n) is 2.28. The topological polar surface area (TPSA) is 69.6 Å². The van der Waals surface area contributed by atoms with Crippen LogP contribution in [-0.4, -0.2) is 51.2 Å². The minimum absolute atomic E-state index is 0.0444. The first kappa shape index (κ1) is 15.9. The lowest BCUT2D eigenvalue weighted by molar-refractivity contribution is 0.350. The molecule has 7 heteroatoms. The predicted octanol–water partition coefficient (Wildman–Crippen LogP) is 0.152. The minimum atomic E-state index is -3.77. The SMILES string of the molecule is CN1CCC(NS(=O)(=O)c2ccc(F)cc2C#CCO)C1. The molecule has 0 saturated carbocycles. The van der Waals surface area contributed by atoms with Crippen LogP contribution in [0.2, 0.25) is 0 Å². The number of likely N-dealkylation sites (N-methyl/N-ethyl adjacent to an activating group) is 1. The molecule has 1 aliphatic heterocycles. The molecular weight excluding hydrogens is 295 g/mol. The van der Waals surface area contributed by atoms with Crippen LogP contribution in [0.25, 0.3) is 0 Å². The Morgan fingerprint density at radius 2 is 2.29 bits per heavy atom. The molecule has 0 spiro atoms. The number of sulfonamides is 1. The summed E-state index contributed by atoms with van der Waals surface area (Å²) < 4.78 is 40.7. The van der Waals surface area contributed by atoms with E-state index in [1.54, 1.807) is 0 Å².